The topological polar surface area (TPSA) is 105 Å². The lowest BCUT2D eigenvalue weighted by Crippen LogP contribution is -2.30. The van der Waals surface area contributed by atoms with Crippen LogP contribution in [0.4, 0.5) is 0 Å². The fourth-order valence-corrected chi connectivity index (χ4v) is 3.22. The molecule has 0 fully saturated rings. The summed E-state index contributed by atoms with van der Waals surface area (Å²) in [6, 6.07) is 0. The zero-order valence-electron chi connectivity index (χ0n) is 20.7. The van der Waals surface area contributed by atoms with Crippen LogP contribution in [-0.4, -0.2) is 37.2 Å². The van der Waals surface area contributed by atoms with Gasteiger partial charge in [-0.05, 0) is 51.6 Å². The van der Waals surface area contributed by atoms with Crippen LogP contribution in [0, 0.1) is 0 Å². The van der Waals surface area contributed by atoms with Gasteiger partial charge in [0.05, 0.1) is 0 Å². The van der Waals surface area contributed by atoms with Gasteiger partial charge in [0, 0.05) is 19.8 Å². The molecule has 2 N–H and O–H groups in total. The number of allylic oxidation sites excluding steroid dienone is 3. The molecule has 0 aromatic carbocycles. The Morgan fingerprint density at radius 1 is 0.727 bits per heavy atom. The van der Waals surface area contributed by atoms with Gasteiger partial charge in [-0.3, -0.25) is 14.4 Å². The van der Waals surface area contributed by atoms with E-state index in [0.29, 0.717) is 12.8 Å². The molecule has 1 atom stereocenters. The van der Waals surface area contributed by atoms with Crippen LogP contribution in [0.15, 0.2) is 24.4 Å². The summed E-state index contributed by atoms with van der Waals surface area (Å²) in [5.41, 5.74) is 5.30. The van der Waals surface area contributed by atoms with E-state index in [-0.39, 0.29) is 25.2 Å². The van der Waals surface area contributed by atoms with Gasteiger partial charge in [-0.2, -0.15) is 0 Å². The number of carbonyl (C=O) groups is 3. The van der Waals surface area contributed by atoms with Crippen molar-refractivity contribution in [2.75, 3.05) is 13.2 Å². The van der Waals surface area contributed by atoms with Crippen LogP contribution in [0.2, 0.25) is 0 Å². The molecule has 1 unspecified atom stereocenters. The van der Waals surface area contributed by atoms with E-state index in [9.17, 15) is 14.4 Å². The molecule has 7 nitrogen and oxygen atoms in total. The predicted molar refractivity (Wildman–Crippen MR) is 130 cm³/mol. The molecule has 0 saturated carbocycles. The minimum atomic E-state index is -0.778. The van der Waals surface area contributed by atoms with Crippen molar-refractivity contribution in [1.82, 2.24) is 0 Å². The molecule has 190 valence electrons. The molecule has 0 aliphatic rings. The molecule has 0 spiro atoms. The molecular formula is C26H45NO6. The summed E-state index contributed by atoms with van der Waals surface area (Å²) in [6.07, 6.45) is 19.8. The maximum atomic E-state index is 12.1. The van der Waals surface area contributed by atoms with Gasteiger partial charge in [-0.15, -0.1) is 0 Å². The Labute approximate surface area is 200 Å². The monoisotopic (exact) mass is 467 g/mol. The third-order valence-corrected chi connectivity index (χ3v) is 5.08. The molecule has 0 rings (SSSR count). The highest BCUT2D eigenvalue weighted by atomic mass is 16.6. The number of hydrogen-bond donors (Lipinski definition) is 1. The number of ether oxygens (including phenoxy) is 3. The largest absolute Gasteiger partial charge is 0.462 e. The van der Waals surface area contributed by atoms with Crippen LogP contribution in [0.25, 0.3) is 0 Å². The zero-order valence-corrected chi connectivity index (χ0v) is 20.7. The van der Waals surface area contributed by atoms with Gasteiger partial charge in [0.25, 0.3) is 0 Å². The summed E-state index contributed by atoms with van der Waals surface area (Å²) >= 11 is 0. The smallest absolute Gasteiger partial charge is 0.306 e. The molecule has 0 radical (unpaired) electrons. The van der Waals surface area contributed by atoms with E-state index in [4.69, 9.17) is 19.9 Å². The van der Waals surface area contributed by atoms with E-state index < -0.39 is 12.1 Å². The molecule has 7 heteroatoms. The molecular weight excluding hydrogens is 422 g/mol. The molecule has 0 aliphatic heterocycles. The number of rotatable bonds is 21. The normalized spacial score (nSPS) is 12.2. The first-order chi connectivity index (χ1) is 16.0. The van der Waals surface area contributed by atoms with Crippen LogP contribution < -0.4 is 5.73 Å². The molecule has 33 heavy (non-hydrogen) atoms. The summed E-state index contributed by atoms with van der Waals surface area (Å²) in [5.74, 6) is -1.16. The SMILES string of the molecule is C/C=C/CCCCCCCC(=O)OCC(COC(C)=O)OC(=O)CCCCCCC/C=C/N. The van der Waals surface area contributed by atoms with Crippen LogP contribution in [-0.2, 0) is 28.6 Å². The van der Waals surface area contributed by atoms with E-state index in [1.807, 2.05) is 13.0 Å². The minimum Gasteiger partial charge on any atom is -0.462 e. The van der Waals surface area contributed by atoms with Crippen molar-refractivity contribution < 1.29 is 28.6 Å². The van der Waals surface area contributed by atoms with Gasteiger partial charge in [0.1, 0.15) is 13.2 Å². The average Bonchev–Trinajstić information content (AvgIpc) is 2.79. The summed E-state index contributed by atoms with van der Waals surface area (Å²) < 4.78 is 15.6. The Hall–Kier alpha value is -2.31. The minimum absolute atomic E-state index is 0.101. The lowest BCUT2D eigenvalue weighted by Gasteiger charge is -2.17. The third kappa shape index (κ3) is 22.7. The van der Waals surface area contributed by atoms with E-state index in [0.717, 1.165) is 70.6 Å². The first-order valence-electron chi connectivity index (χ1n) is 12.5. The third-order valence-electron chi connectivity index (χ3n) is 5.08. The second kappa shape index (κ2) is 22.9. The number of carbonyl (C=O) groups excluding carboxylic acids is 3. The highest BCUT2D eigenvalue weighted by molar-refractivity contribution is 5.70. The maximum absolute atomic E-state index is 12.1. The van der Waals surface area contributed by atoms with Crippen molar-refractivity contribution in [3.05, 3.63) is 24.4 Å². The Bertz CT molecular complexity index is 573. The van der Waals surface area contributed by atoms with E-state index in [1.54, 1.807) is 6.20 Å². The lowest BCUT2D eigenvalue weighted by atomic mass is 10.1. The van der Waals surface area contributed by atoms with Crippen molar-refractivity contribution in [1.29, 1.82) is 0 Å². The van der Waals surface area contributed by atoms with E-state index in [1.165, 1.54) is 13.3 Å². The Morgan fingerprint density at radius 3 is 1.82 bits per heavy atom. The fraction of sp³-hybridized carbons (Fsp3) is 0.731. The molecule has 0 aromatic heterocycles. The van der Waals surface area contributed by atoms with Crippen LogP contribution in [0.3, 0.4) is 0 Å². The lowest BCUT2D eigenvalue weighted by molar-refractivity contribution is -0.166. The van der Waals surface area contributed by atoms with E-state index in [2.05, 4.69) is 12.2 Å². The summed E-state index contributed by atoms with van der Waals surface area (Å²) in [5, 5.41) is 0. The molecule has 0 aliphatic carbocycles. The van der Waals surface area contributed by atoms with Crippen LogP contribution in [0.5, 0.6) is 0 Å². The predicted octanol–water partition coefficient (Wildman–Crippen LogP) is 5.51. The number of nitrogens with two attached hydrogens (primary N) is 1. The summed E-state index contributed by atoms with van der Waals surface area (Å²) in [4.78, 5) is 35.2. The van der Waals surface area contributed by atoms with Crippen molar-refractivity contribution in [2.45, 2.75) is 110 Å². The fourth-order valence-electron chi connectivity index (χ4n) is 3.22. The van der Waals surface area contributed by atoms with E-state index >= 15 is 0 Å². The number of esters is 3. The molecule has 0 heterocycles. The first kappa shape index (κ1) is 30.7. The van der Waals surface area contributed by atoms with Crippen molar-refractivity contribution >= 4 is 17.9 Å². The molecule has 0 aromatic rings. The van der Waals surface area contributed by atoms with Gasteiger partial charge < -0.3 is 19.9 Å². The Kier molecular flexibility index (Phi) is 21.3. The Morgan fingerprint density at radius 2 is 1.24 bits per heavy atom. The molecule has 0 amide bonds. The van der Waals surface area contributed by atoms with Gasteiger partial charge in [0.2, 0.25) is 0 Å². The number of hydrogen-bond acceptors (Lipinski definition) is 7. The molecule has 0 saturated heterocycles. The maximum Gasteiger partial charge on any atom is 0.306 e. The van der Waals surface area contributed by atoms with Crippen molar-refractivity contribution in [2.24, 2.45) is 5.73 Å². The summed E-state index contributed by atoms with van der Waals surface area (Å²) in [7, 11) is 0. The van der Waals surface area contributed by atoms with Crippen LogP contribution >= 0.6 is 0 Å². The van der Waals surface area contributed by atoms with Gasteiger partial charge in [-0.1, -0.05) is 56.8 Å². The van der Waals surface area contributed by atoms with Crippen molar-refractivity contribution in [3.8, 4) is 0 Å². The number of unbranched alkanes of at least 4 members (excludes halogenated alkanes) is 10. The highest BCUT2D eigenvalue weighted by Gasteiger charge is 2.18. The second-order valence-corrected chi connectivity index (χ2v) is 8.21. The summed E-state index contributed by atoms with van der Waals surface area (Å²) in [6.45, 7) is 3.09. The van der Waals surface area contributed by atoms with Crippen molar-refractivity contribution in [3.63, 3.8) is 0 Å². The van der Waals surface area contributed by atoms with Gasteiger partial charge in [-0.25, -0.2) is 0 Å². The van der Waals surface area contributed by atoms with Crippen LogP contribution in [0.1, 0.15) is 104 Å². The van der Waals surface area contributed by atoms with Gasteiger partial charge in [0.15, 0.2) is 6.10 Å². The average molecular weight is 468 g/mol. The second-order valence-electron chi connectivity index (χ2n) is 8.21. The Balaban J connectivity index is 4.05. The standard InChI is InChI=1S/C26H45NO6/c1-3-4-5-6-7-9-12-15-18-25(29)32-22-24(21-31-23(2)28)33-26(30)19-16-13-10-8-11-14-17-20-27/h3-4,17,20,24H,5-16,18-19,21-22,27H2,1-2H3/b4-3+,20-17+. The highest BCUT2D eigenvalue weighted by Crippen LogP contribution is 2.11. The first-order valence-corrected chi connectivity index (χ1v) is 12.5. The van der Waals surface area contributed by atoms with Gasteiger partial charge >= 0.3 is 17.9 Å². The molecule has 0 bridgehead atoms. The zero-order chi connectivity index (χ0) is 24.6. The quantitative estimate of drug-likeness (QED) is 0.103.